The van der Waals surface area contributed by atoms with Crippen molar-refractivity contribution in [3.8, 4) is 11.5 Å². The van der Waals surface area contributed by atoms with Crippen molar-refractivity contribution in [3.05, 3.63) is 58.6 Å². The van der Waals surface area contributed by atoms with Crippen molar-refractivity contribution in [2.24, 2.45) is 0 Å². The minimum Gasteiger partial charge on any atom is -0.489 e. The first-order chi connectivity index (χ1) is 10.1. The largest absolute Gasteiger partial charge is 0.489 e. The summed E-state index contributed by atoms with van der Waals surface area (Å²) >= 11 is 6.05. The lowest BCUT2D eigenvalue weighted by Gasteiger charge is -2.11. The van der Waals surface area contributed by atoms with Crippen LogP contribution in [-0.2, 0) is 0 Å². The summed E-state index contributed by atoms with van der Waals surface area (Å²) in [5.41, 5.74) is 1.66. The molecule has 0 aliphatic rings. The zero-order valence-electron chi connectivity index (χ0n) is 12.1. The van der Waals surface area contributed by atoms with Crippen molar-refractivity contribution in [3.63, 3.8) is 0 Å². The van der Waals surface area contributed by atoms with Gasteiger partial charge in [0.1, 0.15) is 24.7 Å². The summed E-state index contributed by atoms with van der Waals surface area (Å²) in [6.07, 6.45) is 0. The maximum Gasteiger partial charge on any atom is 0.163 e. The molecule has 3 nitrogen and oxygen atoms in total. The third-order valence-corrected chi connectivity index (χ3v) is 3.26. The molecule has 21 heavy (non-hydrogen) atoms. The summed E-state index contributed by atoms with van der Waals surface area (Å²) in [6, 6.07) is 12.8. The second kappa shape index (κ2) is 7.14. The fourth-order valence-corrected chi connectivity index (χ4v) is 2.08. The zero-order valence-corrected chi connectivity index (χ0v) is 12.8. The number of hydrogen-bond donors (Lipinski definition) is 0. The van der Waals surface area contributed by atoms with Crippen LogP contribution < -0.4 is 9.47 Å². The van der Waals surface area contributed by atoms with E-state index in [-0.39, 0.29) is 5.78 Å². The van der Waals surface area contributed by atoms with Crippen LogP contribution in [0.25, 0.3) is 0 Å². The van der Waals surface area contributed by atoms with Crippen molar-refractivity contribution in [1.29, 1.82) is 0 Å². The number of Topliss-reactive ketones (excluding diaryl/α,β-unsaturated/α-hetero) is 1. The summed E-state index contributed by atoms with van der Waals surface area (Å²) in [7, 11) is 0. The molecule has 0 radical (unpaired) electrons. The molecule has 0 unspecified atom stereocenters. The predicted octanol–water partition coefficient (Wildman–Crippen LogP) is 4.31. The molecule has 0 spiro atoms. The van der Waals surface area contributed by atoms with Crippen LogP contribution in [0, 0.1) is 6.92 Å². The van der Waals surface area contributed by atoms with Gasteiger partial charge < -0.3 is 9.47 Å². The highest BCUT2D eigenvalue weighted by Crippen LogP contribution is 2.25. The third kappa shape index (κ3) is 4.23. The van der Waals surface area contributed by atoms with Crippen molar-refractivity contribution < 1.29 is 14.3 Å². The molecule has 0 atom stereocenters. The molecule has 2 aromatic rings. The molecule has 0 N–H and O–H groups in total. The van der Waals surface area contributed by atoms with Crippen LogP contribution >= 0.6 is 11.6 Å². The number of carbonyl (C=O) groups excluding carboxylic acids is 1. The molecule has 4 heteroatoms. The molecule has 2 aromatic carbocycles. The third-order valence-electron chi connectivity index (χ3n) is 2.95. The van der Waals surface area contributed by atoms with E-state index in [0.717, 1.165) is 5.56 Å². The van der Waals surface area contributed by atoms with Crippen LogP contribution in [0.4, 0.5) is 0 Å². The second-order valence-electron chi connectivity index (χ2n) is 4.68. The minimum absolute atomic E-state index is 0.0201. The summed E-state index contributed by atoms with van der Waals surface area (Å²) < 4.78 is 11.2. The average Bonchev–Trinajstić information content (AvgIpc) is 2.47. The van der Waals surface area contributed by atoms with Crippen LogP contribution in [0.5, 0.6) is 11.5 Å². The number of hydrogen-bond acceptors (Lipinski definition) is 3. The topological polar surface area (TPSA) is 35.5 Å². The lowest BCUT2D eigenvalue weighted by molar-refractivity contribution is 0.101. The molecule has 0 aliphatic carbocycles. The van der Waals surface area contributed by atoms with Crippen molar-refractivity contribution >= 4 is 17.4 Å². The maximum absolute atomic E-state index is 11.5. The molecular weight excluding hydrogens is 288 g/mol. The maximum atomic E-state index is 11.5. The van der Waals surface area contributed by atoms with Gasteiger partial charge in [-0.3, -0.25) is 4.79 Å². The van der Waals surface area contributed by atoms with E-state index in [2.05, 4.69) is 0 Å². The number of halogens is 1. The van der Waals surface area contributed by atoms with Crippen molar-refractivity contribution in [2.75, 3.05) is 13.2 Å². The van der Waals surface area contributed by atoms with Gasteiger partial charge in [-0.2, -0.15) is 0 Å². The fourth-order valence-electron chi connectivity index (χ4n) is 1.91. The van der Waals surface area contributed by atoms with Gasteiger partial charge in [0.2, 0.25) is 0 Å². The molecule has 0 aromatic heterocycles. The summed E-state index contributed by atoms with van der Waals surface area (Å²) in [4.78, 5) is 11.5. The molecule has 0 aliphatic heterocycles. The van der Waals surface area contributed by atoms with Crippen molar-refractivity contribution in [2.45, 2.75) is 13.8 Å². The van der Waals surface area contributed by atoms with E-state index in [1.54, 1.807) is 18.2 Å². The Labute approximate surface area is 129 Å². The standard InChI is InChI=1S/C17H17ClO3/c1-12-7-8-15(18)17(11-12)21-10-9-20-16-6-4-3-5-14(16)13(2)19/h3-8,11H,9-10H2,1-2H3. The van der Waals surface area contributed by atoms with E-state index in [1.165, 1.54) is 6.92 Å². The van der Waals surface area contributed by atoms with Crippen LogP contribution in [0.3, 0.4) is 0 Å². The normalized spacial score (nSPS) is 10.2. The summed E-state index contributed by atoms with van der Waals surface area (Å²) in [5, 5.41) is 0.574. The van der Waals surface area contributed by atoms with Crippen LogP contribution in [-0.4, -0.2) is 19.0 Å². The molecule has 2 rings (SSSR count). The highest BCUT2D eigenvalue weighted by atomic mass is 35.5. The molecule has 0 saturated carbocycles. The Hall–Kier alpha value is -2.00. The summed E-state index contributed by atoms with van der Waals surface area (Å²) in [6.45, 7) is 4.19. The lowest BCUT2D eigenvalue weighted by Crippen LogP contribution is -2.11. The number of aryl methyl sites for hydroxylation is 1. The second-order valence-corrected chi connectivity index (χ2v) is 5.09. The SMILES string of the molecule is CC(=O)c1ccccc1OCCOc1cc(C)ccc1Cl. The summed E-state index contributed by atoms with van der Waals surface area (Å²) in [5.74, 6) is 1.19. The van der Waals surface area contributed by atoms with Crippen LogP contribution in [0.15, 0.2) is 42.5 Å². The Bertz CT molecular complexity index is 638. The van der Waals surface area contributed by atoms with E-state index in [4.69, 9.17) is 21.1 Å². The molecule has 0 bridgehead atoms. The van der Waals surface area contributed by atoms with Gasteiger partial charge in [0.25, 0.3) is 0 Å². The lowest BCUT2D eigenvalue weighted by atomic mass is 10.1. The number of carbonyl (C=O) groups is 1. The van der Waals surface area contributed by atoms with Gasteiger partial charge >= 0.3 is 0 Å². The van der Waals surface area contributed by atoms with E-state index in [1.807, 2.05) is 31.2 Å². The minimum atomic E-state index is -0.0201. The first kappa shape index (κ1) is 15.4. The highest BCUT2D eigenvalue weighted by Gasteiger charge is 2.07. The average molecular weight is 305 g/mol. The van der Waals surface area contributed by atoms with Gasteiger partial charge in [0.15, 0.2) is 5.78 Å². The first-order valence-corrected chi connectivity index (χ1v) is 7.07. The van der Waals surface area contributed by atoms with Gasteiger partial charge in [-0.15, -0.1) is 0 Å². The molecular formula is C17H17ClO3. The Morgan fingerprint density at radius 2 is 1.71 bits per heavy atom. The van der Waals surface area contributed by atoms with Crippen molar-refractivity contribution in [1.82, 2.24) is 0 Å². The van der Waals surface area contributed by atoms with Gasteiger partial charge in [-0.05, 0) is 43.7 Å². The van der Waals surface area contributed by atoms with Gasteiger partial charge in [-0.1, -0.05) is 29.8 Å². The zero-order chi connectivity index (χ0) is 15.2. The Morgan fingerprint density at radius 3 is 2.43 bits per heavy atom. The molecule has 0 fully saturated rings. The predicted molar refractivity (Wildman–Crippen MR) is 83.6 cm³/mol. The van der Waals surface area contributed by atoms with Crippen LogP contribution in [0.1, 0.15) is 22.8 Å². The van der Waals surface area contributed by atoms with E-state index >= 15 is 0 Å². The van der Waals surface area contributed by atoms with E-state index in [9.17, 15) is 4.79 Å². The number of benzene rings is 2. The van der Waals surface area contributed by atoms with Crippen LogP contribution in [0.2, 0.25) is 5.02 Å². The fraction of sp³-hybridized carbons (Fsp3) is 0.235. The van der Waals surface area contributed by atoms with Gasteiger partial charge in [0.05, 0.1) is 10.6 Å². The first-order valence-electron chi connectivity index (χ1n) is 6.69. The number of ketones is 1. The quantitative estimate of drug-likeness (QED) is 0.589. The number of para-hydroxylation sites is 1. The monoisotopic (exact) mass is 304 g/mol. The molecule has 110 valence electrons. The molecule has 0 heterocycles. The van der Waals surface area contributed by atoms with E-state index < -0.39 is 0 Å². The van der Waals surface area contributed by atoms with E-state index in [0.29, 0.717) is 35.3 Å². The Kier molecular flexibility index (Phi) is 5.23. The Balaban J connectivity index is 1.91. The Morgan fingerprint density at radius 1 is 1.05 bits per heavy atom. The molecule has 0 saturated heterocycles. The highest BCUT2D eigenvalue weighted by molar-refractivity contribution is 6.32. The number of rotatable bonds is 6. The number of ether oxygens (including phenoxy) is 2. The smallest absolute Gasteiger partial charge is 0.163 e. The van der Waals surface area contributed by atoms with Gasteiger partial charge in [0, 0.05) is 0 Å². The molecule has 0 amide bonds. The van der Waals surface area contributed by atoms with Gasteiger partial charge in [-0.25, -0.2) is 0 Å².